The highest BCUT2D eigenvalue weighted by molar-refractivity contribution is 5.95. The van der Waals surface area contributed by atoms with Crippen molar-refractivity contribution in [2.75, 3.05) is 5.73 Å². The Labute approximate surface area is 95.6 Å². The van der Waals surface area contributed by atoms with Crippen LogP contribution in [-0.4, -0.2) is 11.1 Å². The number of anilines is 1. The van der Waals surface area contributed by atoms with E-state index in [4.69, 9.17) is 10.8 Å². The third kappa shape index (κ3) is 3.12. The zero-order valence-corrected chi connectivity index (χ0v) is 9.44. The maximum absolute atomic E-state index is 10.8. The van der Waals surface area contributed by atoms with Gasteiger partial charge in [0, 0.05) is 0 Å². The quantitative estimate of drug-likeness (QED) is 0.590. The van der Waals surface area contributed by atoms with Gasteiger partial charge in [0.15, 0.2) is 0 Å². The standard InChI is InChI=1S/C13H17NO2/c1-2-3-4-5-7-10-8-6-9-11(12(10)14)13(15)16/h5-9H,2-4,14H2,1H3,(H,15,16)/b7-5-. The Balaban J connectivity index is 2.85. The van der Waals surface area contributed by atoms with Gasteiger partial charge in [-0.15, -0.1) is 0 Å². The summed E-state index contributed by atoms with van der Waals surface area (Å²) in [6, 6.07) is 5.05. The molecular weight excluding hydrogens is 202 g/mol. The number of benzene rings is 1. The Hall–Kier alpha value is -1.77. The molecule has 0 radical (unpaired) electrons. The number of hydrogen-bond donors (Lipinski definition) is 2. The van der Waals surface area contributed by atoms with Crippen molar-refractivity contribution in [3.8, 4) is 0 Å². The molecule has 1 aromatic carbocycles. The first-order chi connectivity index (χ1) is 7.66. The molecule has 0 bridgehead atoms. The molecule has 0 spiro atoms. The molecule has 0 atom stereocenters. The Morgan fingerprint density at radius 3 is 2.88 bits per heavy atom. The van der Waals surface area contributed by atoms with Crippen LogP contribution in [0.1, 0.15) is 42.1 Å². The lowest BCUT2D eigenvalue weighted by Gasteiger charge is -2.04. The van der Waals surface area contributed by atoms with Crippen molar-refractivity contribution < 1.29 is 9.90 Å². The van der Waals surface area contributed by atoms with Gasteiger partial charge in [-0.3, -0.25) is 0 Å². The molecule has 0 amide bonds. The van der Waals surface area contributed by atoms with Gasteiger partial charge < -0.3 is 10.8 Å². The van der Waals surface area contributed by atoms with Crippen molar-refractivity contribution in [2.24, 2.45) is 0 Å². The number of carbonyl (C=O) groups is 1. The van der Waals surface area contributed by atoms with Gasteiger partial charge in [0.2, 0.25) is 0 Å². The molecule has 3 N–H and O–H groups in total. The second-order valence-corrected chi connectivity index (χ2v) is 3.66. The normalized spacial score (nSPS) is 10.8. The number of carboxylic acid groups (broad SMARTS) is 1. The minimum absolute atomic E-state index is 0.164. The molecule has 16 heavy (non-hydrogen) atoms. The van der Waals surface area contributed by atoms with Crippen LogP contribution in [0.5, 0.6) is 0 Å². The van der Waals surface area contributed by atoms with Crippen LogP contribution >= 0.6 is 0 Å². The third-order valence-corrected chi connectivity index (χ3v) is 2.39. The van der Waals surface area contributed by atoms with Crippen molar-refractivity contribution >= 4 is 17.7 Å². The number of nitrogens with two attached hydrogens (primary N) is 1. The SMILES string of the molecule is CCCC/C=C\c1cccc(C(=O)O)c1N. The van der Waals surface area contributed by atoms with Gasteiger partial charge in [0.1, 0.15) is 0 Å². The van der Waals surface area contributed by atoms with Gasteiger partial charge in [0.05, 0.1) is 11.3 Å². The van der Waals surface area contributed by atoms with Gasteiger partial charge >= 0.3 is 5.97 Å². The van der Waals surface area contributed by atoms with Crippen LogP contribution in [-0.2, 0) is 0 Å². The summed E-state index contributed by atoms with van der Waals surface area (Å²) < 4.78 is 0. The molecule has 0 heterocycles. The summed E-state index contributed by atoms with van der Waals surface area (Å²) in [6.45, 7) is 2.13. The zero-order chi connectivity index (χ0) is 12.0. The van der Waals surface area contributed by atoms with E-state index in [-0.39, 0.29) is 5.56 Å². The first kappa shape index (κ1) is 12.3. The first-order valence-electron chi connectivity index (χ1n) is 5.45. The topological polar surface area (TPSA) is 63.3 Å². The fourth-order valence-corrected chi connectivity index (χ4v) is 1.45. The van der Waals surface area contributed by atoms with Crippen molar-refractivity contribution in [2.45, 2.75) is 26.2 Å². The molecule has 0 aromatic heterocycles. The first-order valence-corrected chi connectivity index (χ1v) is 5.45. The smallest absolute Gasteiger partial charge is 0.337 e. The predicted octanol–water partition coefficient (Wildman–Crippen LogP) is 3.17. The maximum atomic E-state index is 10.8. The Bertz CT molecular complexity index is 397. The average molecular weight is 219 g/mol. The number of carboxylic acids is 1. The Morgan fingerprint density at radius 2 is 2.25 bits per heavy atom. The van der Waals surface area contributed by atoms with Crippen LogP contribution in [0.25, 0.3) is 6.08 Å². The minimum atomic E-state index is -0.985. The van der Waals surface area contributed by atoms with Crippen molar-refractivity contribution in [1.82, 2.24) is 0 Å². The van der Waals surface area contributed by atoms with Crippen LogP contribution < -0.4 is 5.73 Å². The Kier molecular flexibility index (Phi) is 4.58. The van der Waals surface area contributed by atoms with E-state index in [2.05, 4.69) is 6.92 Å². The average Bonchev–Trinajstić information content (AvgIpc) is 2.26. The molecule has 0 aliphatic rings. The number of nitrogen functional groups attached to an aromatic ring is 1. The molecule has 0 aliphatic heterocycles. The van der Waals surface area contributed by atoms with Gasteiger partial charge in [0.25, 0.3) is 0 Å². The fourth-order valence-electron chi connectivity index (χ4n) is 1.45. The van der Waals surface area contributed by atoms with E-state index in [1.807, 2.05) is 18.2 Å². The molecule has 0 unspecified atom stereocenters. The summed E-state index contributed by atoms with van der Waals surface area (Å²) in [7, 11) is 0. The molecule has 0 aliphatic carbocycles. The van der Waals surface area contributed by atoms with E-state index in [0.717, 1.165) is 24.8 Å². The second kappa shape index (κ2) is 5.95. The highest BCUT2D eigenvalue weighted by atomic mass is 16.4. The summed E-state index contributed by atoms with van der Waals surface area (Å²) in [5.74, 6) is -0.985. The fraction of sp³-hybridized carbons (Fsp3) is 0.308. The van der Waals surface area contributed by atoms with Crippen LogP contribution in [0, 0.1) is 0 Å². The third-order valence-electron chi connectivity index (χ3n) is 2.39. The number of rotatable bonds is 5. The van der Waals surface area contributed by atoms with Gasteiger partial charge in [-0.25, -0.2) is 4.79 Å². The molecule has 1 aromatic rings. The molecule has 0 saturated carbocycles. The second-order valence-electron chi connectivity index (χ2n) is 3.66. The number of aromatic carboxylic acids is 1. The largest absolute Gasteiger partial charge is 0.478 e. The summed E-state index contributed by atoms with van der Waals surface area (Å²) >= 11 is 0. The van der Waals surface area contributed by atoms with E-state index in [1.165, 1.54) is 6.07 Å². The van der Waals surface area contributed by atoms with Crippen molar-refractivity contribution in [3.05, 3.63) is 35.4 Å². The van der Waals surface area contributed by atoms with Crippen LogP contribution in [0.4, 0.5) is 5.69 Å². The van der Waals surface area contributed by atoms with Crippen LogP contribution in [0.3, 0.4) is 0 Å². The molecular formula is C13H17NO2. The highest BCUT2D eigenvalue weighted by Gasteiger charge is 2.08. The van der Waals surface area contributed by atoms with Crippen molar-refractivity contribution in [3.63, 3.8) is 0 Å². The molecule has 0 saturated heterocycles. The predicted molar refractivity (Wildman–Crippen MR) is 66.4 cm³/mol. The van der Waals surface area contributed by atoms with Gasteiger partial charge in [-0.1, -0.05) is 44.1 Å². The van der Waals surface area contributed by atoms with Gasteiger partial charge in [-0.05, 0) is 18.1 Å². The monoisotopic (exact) mass is 219 g/mol. The summed E-state index contributed by atoms with van der Waals surface area (Å²) in [5.41, 5.74) is 7.04. The molecule has 3 nitrogen and oxygen atoms in total. The number of unbranched alkanes of at least 4 members (excludes halogenated alkanes) is 2. The number of allylic oxidation sites excluding steroid dienone is 1. The molecule has 1 rings (SSSR count). The lowest BCUT2D eigenvalue weighted by molar-refractivity contribution is 0.0698. The molecule has 0 fully saturated rings. The summed E-state index contributed by atoms with van der Waals surface area (Å²) in [5, 5.41) is 8.90. The molecule has 3 heteroatoms. The lowest BCUT2D eigenvalue weighted by Crippen LogP contribution is -2.03. The van der Waals surface area contributed by atoms with E-state index in [1.54, 1.807) is 6.07 Å². The maximum Gasteiger partial charge on any atom is 0.337 e. The zero-order valence-electron chi connectivity index (χ0n) is 9.44. The van der Waals surface area contributed by atoms with E-state index < -0.39 is 5.97 Å². The number of para-hydroxylation sites is 1. The van der Waals surface area contributed by atoms with E-state index >= 15 is 0 Å². The summed E-state index contributed by atoms with van der Waals surface area (Å²) in [4.78, 5) is 10.8. The summed E-state index contributed by atoms with van der Waals surface area (Å²) in [6.07, 6.45) is 7.19. The number of hydrogen-bond acceptors (Lipinski definition) is 2. The molecule has 86 valence electrons. The minimum Gasteiger partial charge on any atom is -0.478 e. The Morgan fingerprint density at radius 1 is 1.50 bits per heavy atom. The highest BCUT2D eigenvalue weighted by Crippen LogP contribution is 2.19. The van der Waals surface area contributed by atoms with E-state index in [9.17, 15) is 4.79 Å². The van der Waals surface area contributed by atoms with Crippen LogP contribution in [0.2, 0.25) is 0 Å². The van der Waals surface area contributed by atoms with Crippen molar-refractivity contribution in [1.29, 1.82) is 0 Å². The van der Waals surface area contributed by atoms with E-state index in [0.29, 0.717) is 5.69 Å². The van der Waals surface area contributed by atoms with Gasteiger partial charge in [-0.2, -0.15) is 0 Å². The van der Waals surface area contributed by atoms with Crippen LogP contribution in [0.15, 0.2) is 24.3 Å². The lowest BCUT2D eigenvalue weighted by atomic mass is 10.1.